The van der Waals surface area contributed by atoms with Crippen molar-refractivity contribution in [2.75, 3.05) is 52.8 Å². The Labute approximate surface area is 323 Å². The van der Waals surface area contributed by atoms with Gasteiger partial charge in [-0.15, -0.1) is 0 Å². The minimum Gasteiger partial charge on any atom is -0.379 e. The van der Waals surface area contributed by atoms with Gasteiger partial charge in [0, 0.05) is 26.2 Å². The molecule has 0 bridgehead atoms. The number of hydrogen-bond acceptors (Lipinski definition) is 6. The zero-order valence-electron chi connectivity index (χ0n) is 34.7. The Hall–Kier alpha value is -1.25. The van der Waals surface area contributed by atoms with Gasteiger partial charge in [-0.05, 0) is 64.2 Å². The van der Waals surface area contributed by atoms with Gasteiger partial charge in [-0.1, -0.05) is 154 Å². The van der Waals surface area contributed by atoms with E-state index in [-0.39, 0.29) is 6.61 Å². The van der Waals surface area contributed by atoms with Crippen molar-refractivity contribution in [1.29, 1.82) is 0 Å². The van der Waals surface area contributed by atoms with Crippen LogP contribution in [0.1, 0.15) is 200 Å². The van der Waals surface area contributed by atoms with Crippen LogP contribution in [0.25, 0.3) is 0 Å². The lowest BCUT2D eigenvalue weighted by Crippen LogP contribution is -2.51. The van der Waals surface area contributed by atoms with Crippen LogP contribution in [0.2, 0.25) is 0 Å². The summed E-state index contributed by atoms with van der Waals surface area (Å²) in [5, 5.41) is 0. The first-order valence-electron chi connectivity index (χ1n) is 22.3. The van der Waals surface area contributed by atoms with E-state index >= 15 is 0 Å². The maximum Gasteiger partial charge on any atom is 0.252 e. The van der Waals surface area contributed by atoms with Crippen molar-refractivity contribution in [3.05, 3.63) is 24.3 Å². The quantitative estimate of drug-likeness (QED) is 0.0476. The monoisotopic (exact) mass is 737 g/mol. The lowest BCUT2D eigenvalue weighted by atomic mass is 10.00. The second kappa shape index (κ2) is 42.5. The second-order valence-electron chi connectivity index (χ2n) is 14.9. The molecule has 0 rings (SSSR count). The highest BCUT2D eigenvalue weighted by Gasteiger charge is 2.38. The van der Waals surface area contributed by atoms with Crippen molar-refractivity contribution in [3.8, 4) is 0 Å². The summed E-state index contributed by atoms with van der Waals surface area (Å²) in [6.07, 6.45) is 45.3. The van der Waals surface area contributed by atoms with Crippen molar-refractivity contribution in [1.82, 2.24) is 0 Å². The number of unbranched alkanes of at least 4 members (excludes halogenated alkanes) is 24. The molecule has 52 heavy (non-hydrogen) atoms. The summed E-state index contributed by atoms with van der Waals surface area (Å²) in [6, 6.07) is 0. The van der Waals surface area contributed by atoms with E-state index in [1.54, 1.807) is 0 Å². The molecule has 4 N–H and O–H groups in total. The largest absolute Gasteiger partial charge is 0.379 e. The number of nitrogens with two attached hydrogens (primary N) is 2. The molecule has 308 valence electrons. The first kappa shape index (κ1) is 50.8. The van der Waals surface area contributed by atoms with Gasteiger partial charge in [0.15, 0.2) is 5.60 Å². The van der Waals surface area contributed by atoms with Gasteiger partial charge in [0.2, 0.25) is 0 Å². The van der Waals surface area contributed by atoms with Crippen LogP contribution in [0.15, 0.2) is 24.3 Å². The van der Waals surface area contributed by atoms with Gasteiger partial charge in [-0.2, -0.15) is 0 Å². The molecule has 1 amide bonds. The van der Waals surface area contributed by atoms with Gasteiger partial charge < -0.3 is 30.4 Å². The number of carbonyl (C=O) groups is 1. The average Bonchev–Trinajstić information content (AvgIpc) is 3.14. The molecule has 7 nitrogen and oxygen atoms in total. The lowest BCUT2D eigenvalue weighted by molar-refractivity contribution is -0.158. The molecule has 0 aliphatic rings. The third kappa shape index (κ3) is 35.8. The fourth-order valence-corrected chi connectivity index (χ4v) is 6.40. The topological polar surface area (TPSA) is 106 Å². The standard InChI is InChI=1S/C45H88N2O5/c1-3-5-7-9-11-13-15-17-19-21-23-25-27-29-31-33-37-51-43-45(44(47)48,35-39-49-41-42-50-40-36-46)52-38-34-32-30-28-26-24-22-20-18-16-14-12-10-8-6-4-2/h17-20H,3-16,21-43,46H2,1-2H3,(H2,47,48)/b19-17-,20-18-. The molecule has 0 heterocycles. The van der Waals surface area contributed by atoms with E-state index in [4.69, 9.17) is 30.4 Å². The third-order valence-corrected chi connectivity index (χ3v) is 9.90. The summed E-state index contributed by atoms with van der Waals surface area (Å²) >= 11 is 0. The van der Waals surface area contributed by atoms with E-state index < -0.39 is 11.5 Å². The summed E-state index contributed by atoms with van der Waals surface area (Å²) in [5.41, 5.74) is 10.3. The molecule has 0 fully saturated rings. The molecule has 0 aromatic carbocycles. The van der Waals surface area contributed by atoms with Gasteiger partial charge in [-0.25, -0.2) is 0 Å². The van der Waals surface area contributed by atoms with Crippen molar-refractivity contribution < 1.29 is 23.7 Å². The molecule has 0 aliphatic heterocycles. The van der Waals surface area contributed by atoms with Gasteiger partial charge in [0.1, 0.15) is 0 Å². The van der Waals surface area contributed by atoms with Crippen LogP contribution in [-0.4, -0.2) is 64.3 Å². The summed E-state index contributed by atoms with van der Waals surface area (Å²) in [4.78, 5) is 12.8. The Morgan fingerprint density at radius 3 is 1.27 bits per heavy atom. The van der Waals surface area contributed by atoms with E-state index in [0.717, 1.165) is 25.7 Å². The molecule has 0 aliphatic carbocycles. The molecular formula is C45H88N2O5. The molecule has 0 saturated carbocycles. The third-order valence-electron chi connectivity index (χ3n) is 9.90. The van der Waals surface area contributed by atoms with Crippen molar-refractivity contribution in [3.63, 3.8) is 0 Å². The number of ether oxygens (including phenoxy) is 4. The summed E-state index contributed by atoms with van der Waals surface area (Å²) in [7, 11) is 0. The van der Waals surface area contributed by atoms with E-state index in [9.17, 15) is 4.79 Å². The zero-order valence-corrected chi connectivity index (χ0v) is 34.7. The molecule has 0 saturated heterocycles. The van der Waals surface area contributed by atoms with Crippen LogP contribution < -0.4 is 11.5 Å². The van der Waals surface area contributed by atoms with Crippen molar-refractivity contribution in [2.24, 2.45) is 11.5 Å². The number of carbonyl (C=O) groups excluding carboxylic acids is 1. The fraction of sp³-hybridized carbons (Fsp3) is 0.889. The van der Waals surface area contributed by atoms with Gasteiger partial charge in [-0.3, -0.25) is 4.79 Å². The minimum atomic E-state index is -1.16. The predicted octanol–water partition coefficient (Wildman–Crippen LogP) is 11.7. The molecular weight excluding hydrogens is 649 g/mol. The van der Waals surface area contributed by atoms with E-state index in [2.05, 4.69) is 38.2 Å². The van der Waals surface area contributed by atoms with Crippen LogP contribution in [0, 0.1) is 0 Å². The van der Waals surface area contributed by atoms with Crippen molar-refractivity contribution in [2.45, 2.75) is 206 Å². The van der Waals surface area contributed by atoms with Crippen LogP contribution >= 0.6 is 0 Å². The van der Waals surface area contributed by atoms with Crippen LogP contribution in [0.5, 0.6) is 0 Å². The van der Waals surface area contributed by atoms with E-state index in [0.29, 0.717) is 52.6 Å². The number of hydrogen-bond donors (Lipinski definition) is 2. The summed E-state index contributed by atoms with van der Waals surface area (Å²) in [6.45, 7) is 8.12. The Balaban J connectivity index is 4.21. The van der Waals surface area contributed by atoms with Gasteiger partial charge in [0.05, 0.1) is 33.0 Å². The van der Waals surface area contributed by atoms with Crippen LogP contribution in [0.3, 0.4) is 0 Å². The lowest BCUT2D eigenvalue weighted by Gasteiger charge is -2.30. The highest BCUT2D eigenvalue weighted by atomic mass is 16.6. The number of rotatable bonds is 44. The Bertz CT molecular complexity index is 777. The molecule has 0 aromatic heterocycles. The normalized spacial score (nSPS) is 13.1. The van der Waals surface area contributed by atoms with E-state index in [1.807, 2.05) is 0 Å². The predicted molar refractivity (Wildman–Crippen MR) is 223 cm³/mol. The molecule has 0 spiro atoms. The Kier molecular flexibility index (Phi) is 41.5. The van der Waals surface area contributed by atoms with Gasteiger partial charge in [0.25, 0.3) is 5.91 Å². The Morgan fingerprint density at radius 2 is 0.846 bits per heavy atom. The van der Waals surface area contributed by atoms with Crippen molar-refractivity contribution >= 4 is 5.91 Å². The molecule has 1 atom stereocenters. The van der Waals surface area contributed by atoms with E-state index in [1.165, 1.54) is 154 Å². The van der Waals surface area contributed by atoms with Crippen LogP contribution in [-0.2, 0) is 23.7 Å². The molecule has 7 heteroatoms. The number of amides is 1. The zero-order chi connectivity index (χ0) is 37.9. The second-order valence-corrected chi connectivity index (χ2v) is 14.9. The molecule has 0 radical (unpaired) electrons. The molecule has 1 unspecified atom stereocenters. The SMILES string of the molecule is CCCCCCCC/C=C\CCCCCCCCOCC(CCOCCOCCN)(OCCCCCCCC/C=C\CCCCCCCC)C(N)=O. The fourth-order valence-electron chi connectivity index (χ4n) is 6.40. The summed E-state index contributed by atoms with van der Waals surface area (Å²) in [5.74, 6) is -0.471. The smallest absolute Gasteiger partial charge is 0.252 e. The first-order chi connectivity index (χ1) is 25.6. The maximum absolute atomic E-state index is 12.8. The number of allylic oxidation sites excluding steroid dienone is 4. The maximum atomic E-state index is 12.8. The summed E-state index contributed by atoms with van der Waals surface area (Å²) < 4.78 is 23.4. The Morgan fingerprint density at radius 1 is 0.462 bits per heavy atom. The number of primary amides is 1. The minimum absolute atomic E-state index is 0.173. The first-order valence-corrected chi connectivity index (χ1v) is 22.3. The molecule has 0 aromatic rings. The highest BCUT2D eigenvalue weighted by Crippen LogP contribution is 2.20. The van der Waals surface area contributed by atoms with Crippen LogP contribution in [0.4, 0.5) is 0 Å². The average molecular weight is 737 g/mol. The van der Waals surface area contributed by atoms with Gasteiger partial charge >= 0.3 is 0 Å². The highest BCUT2D eigenvalue weighted by molar-refractivity contribution is 5.83.